The summed E-state index contributed by atoms with van der Waals surface area (Å²) in [5.41, 5.74) is 6.18. The van der Waals surface area contributed by atoms with E-state index in [1.807, 2.05) is 6.92 Å². The SMILES string of the molecule is CCCCC(N)C(=O)Nc1ccc(OCC(F)(F)F)cc1. The van der Waals surface area contributed by atoms with E-state index in [1.54, 1.807) is 0 Å². The van der Waals surface area contributed by atoms with E-state index in [1.165, 1.54) is 24.3 Å². The molecular formula is C14H19F3N2O2. The lowest BCUT2D eigenvalue weighted by atomic mass is 10.1. The number of nitrogens with two attached hydrogens (primary N) is 1. The molecule has 0 bridgehead atoms. The normalized spacial score (nSPS) is 12.8. The highest BCUT2D eigenvalue weighted by Gasteiger charge is 2.28. The van der Waals surface area contributed by atoms with Gasteiger partial charge in [0.25, 0.3) is 0 Å². The Balaban J connectivity index is 2.49. The predicted molar refractivity (Wildman–Crippen MR) is 74.1 cm³/mol. The average molecular weight is 304 g/mol. The minimum Gasteiger partial charge on any atom is -0.484 e. The average Bonchev–Trinajstić information content (AvgIpc) is 2.43. The van der Waals surface area contributed by atoms with Crippen molar-refractivity contribution in [2.24, 2.45) is 5.73 Å². The number of rotatable bonds is 7. The second kappa shape index (κ2) is 7.87. The van der Waals surface area contributed by atoms with Crippen molar-refractivity contribution < 1.29 is 22.7 Å². The molecule has 1 unspecified atom stereocenters. The molecule has 1 atom stereocenters. The lowest BCUT2D eigenvalue weighted by Crippen LogP contribution is -2.35. The molecule has 4 nitrogen and oxygen atoms in total. The summed E-state index contributed by atoms with van der Waals surface area (Å²) in [5, 5.41) is 2.61. The van der Waals surface area contributed by atoms with Crippen LogP contribution in [0.3, 0.4) is 0 Å². The van der Waals surface area contributed by atoms with Crippen LogP contribution < -0.4 is 15.8 Å². The summed E-state index contributed by atoms with van der Waals surface area (Å²) < 4.78 is 40.5. The molecule has 21 heavy (non-hydrogen) atoms. The van der Waals surface area contributed by atoms with Crippen molar-refractivity contribution in [2.45, 2.75) is 38.4 Å². The first-order valence-electron chi connectivity index (χ1n) is 6.68. The molecule has 1 rings (SSSR count). The van der Waals surface area contributed by atoms with Gasteiger partial charge in [0.05, 0.1) is 6.04 Å². The van der Waals surface area contributed by atoms with Gasteiger partial charge in [-0.2, -0.15) is 13.2 Å². The first-order chi connectivity index (χ1) is 9.81. The summed E-state index contributed by atoms with van der Waals surface area (Å²) in [6.07, 6.45) is -1.97. The number of anilines is 1. The molecule has 1 amide bonds. The first-order valence-corrected chi connectivity index (χ1v) is 6.68. The molecule has 0 spiro atoms. The Kier molecular flexibility index (Phi) is 6.48. The Morgan fingerprint density at radius 3 is 2.48 bits per heavy atom. The predicted octanol–water partition coefficient (Wildman–Crippen LogP) is 3.08. The van der Waals surface area contributed by atoms with Crippen LogP contribution in [0.1, 0.15) is 26.2 Å². The van der Waals surface area contributed by atoms with Crippen molar-refractivity contribution in [3.05, 3.63) is 24.3 Å². The van der Waals surface area contributed by atoms with Gasteiger partial charge in [-0.3, -0.25) is 4.79 Å². The third-order valence-corrected chi connectivity index (χ3v) is 2.73. The molecule has 0 saturated heterocycles. The lowest BCUT2D eigenvalue weighted by Gasteiger charge is -2.13. The minimum atomic E-state index is -4.38. The monoisotopic (exact) mass is 304 g/mol. The Morgan fingerprint density at radius 1 is 1.33 bits per heavy atom. The summed E-state index contributed by atoms with van der Waals surface area (Å²) >= 11 is 0. The van der Waals surface area contributed by atoms with Crippen LogP contribution in [0.25, 0.3) is 0 Å². The fourth-order valence-electron chi connectivity index (χ4n) is 1.59. The third kappa shape index (κ3) is 6.99. The van der Waals surface area contributed by atoms with Crippen molar-refractivity contribution in [3.63, 3.8) is 0 Å². The van der Waals surface area contributed by atoms with Gasteiger partial charge in [0.15, 0.2) is 6.61 Å². The number of amides is 1. The largest absolute Gasteiger partial charge is 0.484 e. The van der Waals surface area contributed by atoms with Gasteiger partial charge in [0.2, 0.25) is 5.91 Å². The van der Waals surface area contributed by atoms with Gasteiger partial charge < -0.3 is 15.8 Å². The zero-order valence-corrected chi connectivity index (χ0v) is 11.7. The Bertz CT molecular complexity index is 447. The number of hydrogen-bond acceptors (Lipinski definition) is 3. The maximum Gasteiger partial charge on any atom is 0.422 e. The highest BCUT2D eigenvalue weighted by Crippen LogP contribution is 2.20. The van der Waals surface area contributed by atoms with Crippen molar-refractivity contribution in [1.82, 2.24) is 0 Å². The highest BCUT2D eigenvalue weighted by molar-refractivity contribution is 5.94. The number of nitrogens with one attached hydrogen (secondary N) is 1. The molecule has 0 radical (unpaired) electrons. The third-order valence-electron chi connectivity index (χ3n) is 2.73. The molecule has 0 aliphatic carbocycles. The van der Waals surface area contributed by atoms with Gasteiger partial charge in [-0.15, -0.1) is 0 Å². The smallest absolute Gasteiger partial charge is 0.422 e. The highest BCUT2D eigenvalue weighted by atomic mass is 19.4. The second-order valence-corrected chi connectivity index (χ2v) is 4.67. The maximum absolute atomic E-state index is 12.0. The zero-order valence-electron chi connectivity index (χ0n) is 11.7. The summed E-state index contributed by atoms with van der Waals surface area (Å²) in [7, 11) is 0. The molecule has 7 heteroatoms. The van der Waals surface area contributed by atoms with Gasteiger partial charge in [0, 0.05) is 5.69 Å². The van der Waals surface area contributed by atoms with Gasteiger partial charge in [-0.05, 0) is 30.7 Å². The maximum atomic E-state index is 12.0. The van der Waals surface area contributed by atoms with Crippen LogP contribution in [0, 0.1) is 0 Å². The van der Waals surface area contributed by atoms with Gasteiger partial charge >= 0.3 is 6.18 Å². The molecule has 0 fully saturated rings. The van der Waals surface area contributed by atoms with E-state index in [0.29, 0.717) is 12.1 Å². The number of unbranched alkanes of at least 4 members (excludes halogenated alkanes) is 1. The van der Waals surface area contributed by atoms with Crippen LogP contribution in [-0.4, -0.2) is 24.7 Å². The summed E-state index contributed by atoms with van der Waals surface area (Å²) in [6, 6.07) is 5.07. The molecule has 0 aliphatic heterocycles. The molecule has 0 heterocycles. The van der Waals surface area contributed by atoms with Crippen molar-refractivity contribution >= 4 is 11.6 Å². The molecule has 118 valence electrons. The van der Waals surface area contributed by atoms with Gasteiger partial charge in [0.1, 0.15) is 5.75 Å². The summed E-state index contributed by atoms with van der Waals surface area (Å²) in [4.78, 5) is 11.7. The van der Waals surface area contributed by atoms with Crippen molar-refractivity contribution in [2.75, 3.05) is 11.9 Å². The quantitative estimate of drug-likeness (QED) is 0.813. The zero-order chi connectivity index (χ0) is 15.9. The molecular weight excluding hydrogens is 285 g/mol. The first kappa shape index (κ1) is 17.3. The topological polar surface area (TPSA) is 64.4 Å². The molecule has 1 aromatic carbocycles. The van der Waals surface area contributed by atoms with Crippen LogP contribution in [-0.2, 0) is 4.79 Å². The van der Waals surface area contributed by atoms with Crippen molar-refractivity contribution in [3.8, 4) is 5.75 Å². The number of benzene rings is 1. The Labute approximate surface area is 121 Å². The van der Waals surface area contributed by atoms with Gasteiger partial charge in [-0.1, -0.05) is 19.8 Å². The van der Waals surface area contributed by atoms with Gasteiger partial charge in [-0.25, -0.2) is 0 Å². The van der Waals surface area contributed by atoms with Crippen LogP contribution in [0.2, 0.25) is 0 Å². The second-order valence-electron chi connectivity index (χ2n) is 4.67. The number of carbonyl (C=O) groups excluding carboxylic acids is 1. The lowest BCUT2D eigenvalue weighted by molar-refractivity contribution is -0.153. The Hall–Kier alpha value is -1.76. The molecule has 0 aromatic heterocycles. The standard InChI is InChI=1S/C14H19F3N2O2/c1-2-3-4-12(18)13(20)19-10-5-7-11(8-6-10)21-9-14(15,16)17/h5-8,12H,2-4,9,18H2,1H3,(H,19,20). The van der Waals surface area contributed by atoms with E-state index >= 15 is 0 Å². The minimum absolute atomic E-state index is 0.0839. The van der Waals surface area contributed by atoms with E-state index in [9.17, 15) is 18.0 Å². The fraction of sp³-hybridized carbons (Fsp3) is 0.500. The molecule has 1 aromatic rings. The summed E-state index contributed by atoms with van der Waals surface area (Å²) in [5.74, 6) is -0.229. The molecule has 0 saturated carbocycles. The fourth-order valence-corrected chi connectivity index (χ4v) is 1.59. The number of alkyl halides is 3. The van der Waals surface area contributed by atoms with E-state index in [0.717, 1.165) is 12.8 Å². The van der Waals surface area contributed by atoms with Crippen molar-refractivity contribution in [1.29, 1.82) is 0 Å². The number of halogens is 3. The number of hydrogen-bond donors (Lipinski definition) is 2. The molecule has 0 aliphatic rings. The van der Waals surface area contributed by atoms with Crippen LogP contribution in [0.4, 0.5) is 18.9 Å². The van der Waals surface area contributed by atoms with E-state index in [4.69, 9.17) is 5.73 Å². The van der Waals surface area contributed by atoms with E-state index < -0.39 is 18.8 Å². The van der Waals surface area contributed by atoms with Crippen LogP contribution in [0.5, 0.6) is 5.75 Å². The molecule has 3 N–H and O–H groups in total. The Morgan fingerprint density at radius 2 is 1.95 bits per heavy atom. The van der Waals surface area contributed by atoms with Crippen LogP contribution >= 0.6 is 0 Å². The van der Waals surface area contributed by atoms with Crippen LogP contribution in [0.15, 0.2) is 24.3 Å². The number of ether oxygens (including phenoxy) is 1. The number of carbonyl (C=O) groups is 1. The van der Waals surface area contributed by atoms with E-state index in [-0.39, 0.29) is 11.7 Å². The van der Waals surface area contributed by atoms with E-state index in [2.05, 4.69) is 10.1 Å². The summed E-state index contributed by atoms with van der Waals surface area (Å²) in [6.45, 7) is 0.658.